The Bertz CT molecular complexity index is 36.9. The van der Waals surface area contributed by atoms with E-state index in [0.29, 0.717) is 6.04 Å². The van der Waals surface area contributed by atoms with Crippen molar-refractivity contribution in [3.63, 3.8) is 0 Å². The first-order chi connectivity index (χ1) is 2.30. The Morgan fingerprint density at radius 1 is 1.80 bits per heavy atom. The Labute approximate surface area is 32.2 Å². The molecule has 1 fully saturated rings. The third-order valence-corrected chi connectivity index (χ3v) is 1.17. The Hall–Kier alpha value is -0.0400. The summed E-state index contributed by atoms with van der Waals surface area (Å²) in [5.74, 6) is 0.829. The first-order valence-electron chi connectivity index (χ1n) is 2.06. The van der Waals surface area contributed by atoms with Gasteiger partial charge < -0.3 is 5.73 Å². The van der Waals surface area contributed by atoms with Crippen LogP contribution < -0.4 is 5.73 Å². The first kappa shape index (κ1) is 3.16. The van der Waals surface area contributed by atoms with Gasteiger partial charge in [-0.05, 0) is 12.3 Å². The van der Waals surface area contributed by atoms with E-state index in [4.69, 9.17) is 5.73 Å². The summed E-state index contributed by atoms with van der Waals surface area (Å²) < 4.78 is 0. The van der Waals surface area contributed by atoms with Crippen molar-refractivity contribution >= 4 is 0 Å². The van der Waals surface area contributed by atoms with Crippen LogP contribution in [-0.4, -0.2) is 6.04 Å². The molecule has 0 aromatic heterocycles. The summed E-state index contributed by atoms with van der Waals surface area (Å²) in [5.41, 5.74) is 5.37. The van der Waals surface area contributed by atoms with Crippen molar-refractivity contribution in [1.82, 2.24) is 0 Å². The quantitative estimate of drug-likeness (QED) is 0.438. The van der Waals surface area contributed by atoms with Gasteiger partial charge in [-0.15, -0.1) is 0 Å². The molecule has 2 unspecified atom stereocenters. The maximum Gasteiger partial charge on any atom is 0.00682 e. The predicted molar refractivity (Wildman–Crippen MR) is 21.8 cm³/mol. The van der Waals surface area contributed by atoms with Crippen LogP contribution in [0.3, 0.4) is 0 Å². The molecule has 0 aliphatic heterocycles. The second-order valence-corrected chi connectivity index (χ2v) is 1.88. The van der Waals surface area contributed by atoms with Crippen molar-refractivity contribution < 1.29 is 0 Å². The molecule has 1 aliphatic rings. The second-order valence-electron chi connectivity index (χ2n) is 1.88. The summed E-state index contributed by atoms with van der Waals surface area (Å²) in [7, 11) is 0. The lowest BCUT2D eigenvalue weighted by Gasteiger charge is -1.69. The van der Waals surface area contributed by atoms with Gasteiger partial charge in [0.05, 0.1) is 0 Å². The molecule has 1 rings (SSSR count). The van der Waals surface area contributed by atoms with Crippen molar-refractivity contribution in [3.05, 3.63) is 0 Å². The number of rotatable bonds is 0. The van der Waals surface area contributed by atoms with Crippen molar-refractivity contribution in [2.24, 2.45) is 11.7 Å². The molecule has 0 saturated heterocycles. The SMILES string of the molecule is CC1CC1N. The van der Waals surface area contributed by atoms with Gasteiger partial charge in [0.25, 0.3) is 0 Å². The Balaban J connectivity index is 2.20. The van der Waals surface area contributed by atoms with Crippen LogP contribution >= 0.6 is 0 Å². The van der Waals surface area contributed by atoms with Crippen LogP contribution in [0, 0.1) is 5.92 Å². The smallest absolute Gasteiger partial charge is 0.00682 e. The van der Waals surface area contributed by atoms with E-state index < -0.39 is 0 Å². The van der Waals surface area contributed by atoms with Gasteiger partial charge in [-0.3, -0.25) is 0 Å². The summed E-state index contributed by atoms with van der Waals surface area (Å²) in [4.78, 5) is 0. The highest BCUT2D eigenvalue weighted by Crippen LogP contribution is 2.25. The van der Waals surface area contributed by atoms with E-state index in [1.54, 1.807) is 0 Å². The molecule has 1 heteroatoms. The molecule has 1 aliphatic carbocycles. The molecule has 0 aromatic rings. The normalized spacial score (nSPS) is 49.2. The minimum atomic E-state index is 0.551. The van der Waals surface area contributed by atoms with Crippen LogP contribution in [0.25, 0.3) is 0 Å². The number of hydrogen-bond donors (Lipinski definition) is 1. The predicted octanol–water partition coefficient (Wildman–Crippen LogP) is 0.354. The zero-order valence-electron chi connectivity index (χ0n) is 3.44. The molecule has 1 saturated carbocycles. The van der Waals surface area contributed by atoms with E-state index in [2.05, 4.69) is 6.92 Å². The van der Waals surface area contributed by atoms with Gasteiger partial charge in [-0.1, -0.05) is 6.92 Å². The van der Waals surface area contributed by atoms with Crippen LogP contribution in [0.4, 0.5) is 0 Å². The molecule has 0 amide bonds. The Morgan fingerprint density at radius 2 is 2.00 bits per heavy atom. The molecule has 2 N–H and O–H groups in total. The molecule has 1 nitrogen and oxygen atoms in total. The lowest BCUT2D eigenvalue weighted by molar-refractivity contribution is 0.895. The number of hydrogen-bond acceptors (Lipinski definition) is 1. The average molecular weight is 71.1 g/mol. The van der Waals surface area contributed by atoms with Crippen molar-refractivity contribution in [2.75, 3.05) is 0 Å². The fourth-order valence-electron chi connectivity index (χ4n) is 0.351. The molecular formula is C4H9N. The Morgan fingerprint density at radius 3 is 2.00 bits per heavy atom. The van der Waals surface area contributed by atoms with E-state index >= 15 is 0 Å². The maximum atomic E-state index is 5.37. The highest BCUT2D eigenvalue weighted by atomic mass is 14.7. The average Bonchev–Trinajstić information content (AvgIpc) is 1.79. The fourth-order valence-corrected chi connectivity index (χ4v) is 0.351. The van der Waals surface area contributed by atoms with Crippen molar-refractivity contribution in [2.45, 2.75) is 19.4 Å². The van der Waals surface area contributed by atoms with Crippen LogP contribution in [-0.2, 0) is 0 Å². The van der Waals surface area contributed by atoms with Gasteiger partial charge in [0.15, 0.2) is 0 Å². The molecule has 0 spiro atoms. The first-order valence-corrected chi connectivity index (χ1v) is 2.06. The third kappa shape index (κ3) is 0.428. The molecule has 0 aromatic carbocycles. The van der Waals surface area contributed by atoms with Gasteiger partial charge in [0, 0.05) is 6.04 Å². The zero-order chi connectivity index (χ0) is 3.86. The molecule has 0 heterocycles. The van der Waals surface area contributed by atoms with Gasteiger partial charge >= 0.3 is 0 Å². The second kappa shape index (κ2) is 0.716. The number of nitrogens with two attached hydrogens (primary N) is 1. The summed E-state index contributed by atoms with van der Waals surface area (Å²) in [6.45, 7) is 2.17. The highest BCUT2D eigenvalue weighted by molar-refractivity contribution is 4.85. The standard InChI is InChI=1S/C4H9N/c1-3-2-4(3)5/h3-4H,2,5H2,1H3. The summed E-state index contributed by atoms with van der Waals surface area (Å²) in [5, 5.41) is 0. The molecular weight excluding hydrogens is 62.1 g/mol. The van der Waals surface area contributed by atoms with Crippen LogP contribution in [0.1, 0.15) is 13.3 Å². The van der Waals surface area contributed by atoms with E-state index in [1.165, 1.54) is 6.42 Å². The topological polar surface area (TPSA) is 26.0 Å². The van der Waals surface area contributed by atoms with Gasteiger partial charge in [-0.25, -0.2) is 0 Å². The highest BCUT2D eigenvalue weighted by Gasteiger charge is 2.27. The zero-order valence-corrected chi connectivity index (χ0v) is 3.44. The van der Waals surface area contributed by atoms with Gasteiger partial charge in [-0.2, -0.15) is 0 Å². The van der Waals surface area contributed by atoms with Gasteiger partial charge in [0.1, 0.15) is 0 Å². The van der Waals surface area contributed by atoms with E-state index in [-0.39, 0.29) is 0 Å². The lowest BCUT2D eigenvalue weighted by atomic mass is 10.5. The molecule has 30 valence electrons. The van der Waals surface area contributed by atoms with Crippen LogP contribution in [0.5, 0.6) is 0 Å². The summed E-state index contributed by atoms with van der Waals surface area (Å²) >= 11 is 0. The van der Waals surface area contributed by atoms with Crippen molar-refractivity contribution in [1.29, 1.82) is 0 Å². The summed E-state index contributed by atoms with van der Waals surface area (Å²) in [6.07, 6.45) is 1.25. The van der Waals surface area contributed by atoms with E-state index in [0.717, 1.165) is 5.92 Å². The fraction of sp³-hybridized carbons (Fsp3) is 1.00. The van der Waals surface area contributed by atoms with E-state index in [1.807, 2.05) is 0 Å². The minimum absolute atomic E-state index is 0.551. The van der Waals surface area contributed by atoms with Gasteiger partial charge in [0.2, 0.25) is 0 Å². The minimum Gasteiger partial charge on any atom is -0.327 e. The largest absolute Gasteiger partial charge is 0.327 e. The molecule has 5 heavy (non-hydrogen) atoms. The maximum absolute atomic E-state index is 5.37. The molecule has 0 radical (unpaired) electrons. The van der Waals surface area contributed by atoms with Crippen LogP contribution in [0.15, 0.2) is 0 Å². The lowest BCUT2D eigenvalue weighted by Crippen LogP contribution is -1.98. The summed E-state index contributed by atoms with van der Waals surface area (Å²) in [6, 6.07) is 0.551. The Kier molecular flexibility index (Phi) is 0.453. The molecule has 0 bridgehead atoms. The monoisotopic (exact) mass is 71.1 g/mol. The van der Waals surface area contributed by atoms with E-state index in [9.17, 15) is 0 Å². The van der Waals surface area contributed by atoms with Crippen molar-refractivity contribution in [3.8, 4) is 0 Å². The van der Waals surface area contributed by atoms with Crippen LogP contribution in [0.2, 0.25) is 0 Å². The molecule has 2 atom stereocenters. The third-order valence-electron chi connectivity index (χ3n) is 1.17.